The summed E-state index contributed by atoms with van der Waals surface area (Å²) >= 11 is 0. The molecule has 168 valence electrons. The molecule has 0 bridgehead atoms. The maximum atomic E-state index is 14.1. The Bertz CT molecular complexity index is 1240. The Kier molecular flexibility index (Phi) is 5.81. The quantitative estimate of drug-likeness (QED) is 0.559. The molecule has 1 amide bonds. The van der Waals surface area contributed by atoms with Crippen LogP contribution in [-0.4, -0.2) is 34.6 Å². The van der Waals surface area contributed by atoms with E-state index < -0.39 is 0 Å². The largest absolute Gasteiger partial charge is 0.290 e. The Balaban J connectivity index is 1.43. The second-order valence-electron chi connectivity index (χ2n) is 9.11. The van der Waals surface area contributed by atoms with Crippen LogP contribution in [0.25, 0.3) is 0 Å². The third-order valence-corrected chi connectivity index (χ3v) is 6.67. The predicted octanol–water partition coefficient (Wildman–Crippen LogP) is 5.18. The number of amides is 1. The zero-order valence-electron chi connectivity index (χ0n) is 19.1. The monoisotopic (exact) mass is 441 g/mol. The third kappa shape index (κ3) is 4.46. The number of hydrogen-bond acceptors (Lipinski definition) is 3. The van der Waals surface area contributed by atoms with Gasteiger partial charge in [-0.1, -0.05) is 54.1 Å². The summed E-state index contributed by atoms with van der Waals surface area (Å²) in [5.41, 5.74) is 7.61. The van der Waals surface area contributed by atoms with E-state index in [1.54, 1.807) is 11.1 Å². The molecular weight excluding hydrogens is 413 g/mol. The molecule has 2 aliphatic heterocycles. The summed E-state index contributed by atoms with van der Waals surface area (Å²) in [6.45, 7) is 6.01. The number of benzene rings is 3. The van der Waals surface area contributed by atoms with Crippen LogP contribution in [0.2, 0.25) is 0 Å². The lowest BCUT2D eigenvalue weighted by atomic mass is 9.95. The Hall–Kier alpha value is -3.31. The molecule has 0 spiro atoms. The van der Waals surface area contributed by atoms with Gasteiger partial charge in [0.2, 0.25) is 0 Å². The van der Waals surface area contributed by atoms with E-state index in [0.29, 0.717) is 13.0 Å². The van der Waals surface area contributed by atoms with E-state index in [-0.39, 0.29) is 17.8 Å². The molecule has 2 heterocycles. The van der Waals surface area contributed by atoms with Crippen LogP contribution >= 0.6 is 0 Å². The smallest absolute Gasteiger partial charge is 0.257 e. The average Bonchev–Trinajstić information content (AvgIpc) is 3.26. The van der Waals surface area contributed by atoms with Crippen molar-refractivity contribution in [2.24, 2.45) is 5.10 Å². The summed E-state index contributed by atoms with van der Waals surface area (Å²) in [6.07, 6.45) is 1.51. The molecule has 0 saturated carbocycles. The van der Waals surface area contributed by atoms with E-state index in [1.807, 2.05) is 12.1 Å². The molecule has 4 nitrogen and oxygen atoms in total. The van der Waals surface area contributed by atoms with Gasteiger partial charge in [0.1, 0.15) is 5.82 Å². The fourth-order valence-electron chi connectivity index (χ4n) is 4.88. The first kappa shape index (κ1) is 21.5. The van der Waals surface area contributed by atoms with Crippen molar-refractivity contribution in [3.63, 3.8) is 0 Å². The van der Waals surface area contributed by atoms with Crippen molar-refractivity contribution < 1.29 is 9.18 Å². The van der Waals surface area contributed by atoms with Crippen molar-refractivity contribution >= 4 is 11.6 Å². The van der Waals surface area contributed by atoms with Gasteiger partial charge < -0.3 is 0 Å². The number of aryl methyl sites for hydroxylation is 2. The van der Waals surface area contributed by atoms with Crippen LogP contribution in [0.5, 0.6) is 0 Å². The van der Waals surface area contributed by atoms with Crippen LogP contribution in [0.4, 0.5) is 4.39 Å². The first-order valence-electron chi connectivity index (χ1n) is 11.5. The SMILES string of the molecule is Cc1ccc(C)c(C2=NN(C(=O)CN3CCc4ccccc4C3)[C@@H](c3cccc(F)c3)C2)c1. The Morgan fingerprint density at radius 3 is 2.67 bits per heavy atom. The van der Waals surface area contributed by atoms with Gasteiger partial charge in [-0.3, -0.25) is 9.69 Å². The third-order valence-electron chi connectivity index (χ3n) is 6.67. The molecule has 3 aromatic rings. The first-order chi connectivity index (χ1) is 16.0. The normalized spacial score (nSPS) is 18.2. The fraction of sp³-hybridized carbons (Fsp3) is 0.286. The molecule has 0 radical (unpaired) electrons. The highest BCUT2D eigenvalue weighted by Crippen LogP contribution is 2.34. The number of hydrazone groups is 1. The Morgan fingerprint density at radius 2 is 1.85 bits per heavy atom. The first-order valence-corrected chi connectivity index (χ1v) is 11.5. The molecule has 3 aromatic carbocycles. The van der Waals surface area contributed by atoms with Gasteiger partial charge in [-0.15, -0.1) is 0 Å². The van der Waals surface area contributed by atoms with E-state index in [4.69, 9.17) is 5.10 Å². The number of fused-ring (bicyclic) bond motifs is 1. The molecule has 1 atom stereocenters. The van der Waals surface area contributed by atoms with Crippen LogP contribution in [0.15, 0.2) is 71.8 Å². The lowest BCUT2D eigenvalue weighted by Crippen LogP contribution is -2.40. The van der Waals surface area contributed by atoms with E-state index in [0.717, 1.165) is 47.5 Å². The van der Waals surface area contributed by atoms with Gasteiger partial charge in [0.25, 0.3) is 5.91 Å². The van der Waals surface area contributed by atoms with Crippen LogP contribution in [0.1, 0.15) is 45.8 Å². The Labute approximate surface area is 194 Å². The van der Waals surface area contributed by atoms with E-state index in [1.165, 1.54) is 23.3 Å². The van der Waals surface area contributed by atoms with Crippen LogP contribution < -0.4 is 0 Å². The minimum atomic E-state index is -0.305. The molecule has 5 rings (SSSR count). The number of carbonyl (C=O) groups excluding carboxylic acids is 1. The van der Waals surface area contributed by atoms with Gasteiger partial charge in [-0.05, 0) is 60.7 Å². The summed E-state index contributed by atoms with van der Waals surface area (Å²) < 4.78 is 14.1. The molecule has 0 aliphatic carbocycles. The minimum absolute atomic E-state index is 0.0519. The number of rotatable bonds is 4. The van der Waals surface area contributed by atoms with Crippen LogP contribution in [0, 0.1) is 19.7 Å². The van der Waals surface area contributed by atoms with Gasteiger partial charge in [0, 0.05) is 25.1 Å². The molecule has 2 aliphatic rings. The second kappa shape index (κ2) is 8.91. The number of carbonyl (C=O) groups is 1. The number of hydrogen-bond donors (Lipinski definition) is 0. The van der Waals surface area contributed by atoms with Gasteiger partial charge in [-0.2, -0.15) is 5.10 Å². The van der Waals surface area contributed by atoms with Gasteiger partial charge >= 0.3 is 0 Å². The lowest BCUT2D eigenvalue weighted by Gasteiger charge is -2.30. The van der Waals surface area contributed by atoms with Crippen molar-refractivity contribution in [3.8, 4) is 0 Å². The maximum Gasteiger partial charge on any atom is 0.257 e. The van der Waals surface area contributed by atoms with Crippen molar-refractivity contribution in [2.45, 2.75) is 39.3 Å². The van der Waals surface area contributed by atoms with E-state index in [2.05, 4.69) is 55.1 Å². The van der Waals surface area contributed by atoms with E-state index >= 15 is 0 Å². The van der Waals surface area contributed by atoms with Crippen molar-refractivity contribution in [1.29, 1.82) is 0 Å². The molecule has 0 saturated heterocycles. The van der Waals surface area contributed by atoms with Gasteiger partial charge in [0.15, 0.2) is 0 Å². The molecule has 5 heteroatoms. The van der Waals surface area contributed by atoms with Gasteiger partial charge in [-0.25, -0.2) is 9.40 Å². The number of halogens is 1. The molecule has 0 N–H and O–H groups in total. The average molecular weight is 442 g/mol. The molecule has 0 fully saturated rings. The molecular formula is C28H28FN3O. The highest BCUT2D eigenvalue weighted by atomic mass is 19.1. The number of nitrogens with zero attached hydrogens (tertiary/aromatic N) is 3. The molecule has 0 unspecified atom stereocenters. The van der Waals surface area contributed by atoms with Crippen LogP contribution in [-0.2, 0) is 17.8 Å². The maximum absolute atomic E-state index is 14.1. The standard InChI is InChI=1S/C28H28FN3O/c1-19-10-11-20(2)25(14-19)26-16-27(22-8-5-9-24(29)15-22)32(30-26)28(33)18-31-13-12-21-6-3-4-7-23(21)17-31/h3-11,14-15,27H,12-13,16-18H2,1-2H3/t27-/m1/s1. The zero-order chi connectivity index (χ0) is 22.9. The van der Waals surface area contributed by atoms with E-state index in [9.17, 15) is 9.18 Å². The summed E-state index contributed by atoms with van der Waals surface area (Å²) in [7, 11) is 0. The lowest BCUT2D eigenvalue weighted by molar-refractivity contribution is -0.134. The topological polar surface area (TPSA) is 35.9 Å². The molecule has 33 heavy (non-hydrogen) atoms. The second-order valence-corrected chi connectivity index (χ2v) is 9.11. The van der Waals surface area contributed by atoms with Crippen molar-refractivity contribution in [3.05, 3.63) is 106 Å². The molecule has 0 aromatic heterocycles. The Morgan fingerprint density at radius 1 is 1.03 bits per heavy atom. The van der Waals surface area contributed by atoms with Crippen LogP contribution in [0.3, 0.4) is 0 Å². The van der Waals surface area contributed by atoms with Crippen molar-refractivity contribution in [2.75, 3.05) is 13.1 Å². The van der Waals surface area contributed by atoms with Gasteiger partial charge in [0.05, 0.1) is 18.3 Å². The summed E-state index contributed by atoms with van der Waals surface area (Å²) in [5, 5.41) is 6.40. The summed E-state index contributed by atoms with van der Waals surface area (Å²) in [5.74, 6) is -0.350. The fourth-order valence-corrected chi connectivity index (χ4v) is 4.88. The summed E-state index contributed by atoms with van der Waals surface area (Å²) in [6, 6.07) is 20.9. The highest BCUT2D eigenvalue weighted by Gasteiger charge is 2.34. The predicted molar refractivity (Wildman–Crippen MR) is 128 cm³/mol. The van der Waals surface area contributed by atoms with Crippen molar-refractivity contribution in [1.82, 2.24) is 9.91 Å². The summed E-state index contributed by atoms with van der Waals surface area (Å²) in [4.78, 5) is 15.7. The zero-order valence-corrected chi connectivity index (χ0v) is 19.1. The minimum Gasteiger partial charge on any atom is -0.290 e. The highest BCUT2D eigenvalue weighted by molar-refractivity contribution is 6.04.